The first-order chi connectivity index (χ1) is 11.6. The van der Waals surface area contributed by atoms with Gasteiger partial charge in [0.15, 0.2) is 0 Å². The van der Waals surface area contributed by atoms with Crippen molar-refractivity contribution in [1.82, 2.24) is 0 Å². The molecule has 0 saturated carbocycles. The highest BCUT2D eigenvalue weighted by Crippen LogP contribution is 2.20. The summed E-state index contributed by atoms with van der Waals surface area (Å²) >= 11 is 0. The van der Waals surface area contributed by atoms with E-state index in [1.54, 1.807) is 6.92 Å². The van der Waals surface area contributed by atoms with Gasteiger partial charge in [-0.15, -0.1) is 0 Å². The van der Waals surface area contributed by atoms with E-state index >= 15 is 0 Å². The maximum Gasteiger partial charge on any atom is 0.122 e. The van der Waals surface area contributed by atoms with E-state index in [0.29, 0.717) is 6.42 Å². The zero-order valence-corrected chi connectivity index (χ0v) is 15.8. The smallest absolute Gasteiger partial charge is 0.122 e. The lowest BCUT2D eigenvalue weighted by Gasteiger charge is -2.40. The van der Waals surface area contributed by atoms with Crippen LogP contribution < -0.4 is 0 Å². The van der Waals surface area contributed by atoms with E-state index < -0.39 is 4.81 Å². The fourth-order valence-electron chi connectivity index (χ4n) is 3.28. The van der Waals surface area contributed by atoms with E-state index in [9.17, 15) is 10.4 Å². The second-order valence-electron chi connectivity index (χ2n) is 7.03. The van der Waals surface area contributed by atoms with Crippen molar-refractivity contribution in [3.8, 4) is 0 Å². The molecule has 0 heterocycles. The van der Waals surface area contributed by atoms with Crippen molar-refractivity contribution in [3.63, 3.8) is 0 Å². The molecule has 1 N–H and O–H groups in total. The Morgan fingerprint density at radius 3 is 1.96 bits per heavy atom. The predicted octanol–water partition coefficient (Wildman–Crippen LogP) is 6.24. The fourth-order valence-corrected chi connectivity index (χ4v) is 3.28. The number of hydroxylamine groups is 4. The monoisotopic (exact) mass is 335 g/mol. The third kappa shape index (κ3) is 8.81. The summed E-state index contributed by atoms with van der Waals surface area (Å²) in [6.45, 7) is 4.23. The topological polar surface area (TPSA) is 43.3 Å². The number of hydrogen-bond donors (Lipinski definition) is 1. The van der Waals surface area contributed by atoms with Crippen LogP contribution in [-0.4, -0.2) is 22.6 Å². The molecule has 0 fully saturated rings. The van der Waals surface area contributed by atoms with Crippen LogP contribution in [0, 0.1) is 5.21 Å². The van der Waals surface area contributed by atoms with Crippen molar-refractivity contribution in [2.45, 2.75) is 90.5 Å². The van der Waals surface area contributed by atoms with Gasteiger partial charge >= 0.3 is 0 Å². The van der Waals surface area contributed by atoms with Gasteiger partial charge in [0, 0.05) is 12.8 Å². The molecule has 138 valence electrons. The van der Waals surface area contributed by atoms with Gasteiger partial charge in [-0.3, -0.25) is 0 Å². The summed E-state index contributed by atoms with van der Waals surface area (Å²) in [6, 6.07) is 9.80. The molecule has 0 radical (unpaired) electrons. The second kappa shape index (κ2) is 12.5. The average Bonchev–Trinajstić information content (AvgIpc) is 2.60. The number of likely N-dealkylation sites (N-methyl/N-ethyl adjacent to an activating group) is 1. The number of hydrogen-bond acceptors (Lipinski definition) is 2. The quantitative estimate of drug-likeness (QED) is 0.248. The first-order valence-electron chi connectivity index (χ1n) is 9.95. The van der Waals surface area contributed by atoms with Crippen LogP contribution in [0.5, 0.6) is 0 Å². The zero-order valence-electron chi connectivity index (χ0n) is 15.8. The normalized spacial score (nSPS) is 15.2. The minimum Gasteiger partial charge on any atom is -0.598 e. The molecule has 0 bridgehead atoms. The van der Waals surface area contributed by atoms with Gasteiger partial charge in [0.1, 0.15) is 12.6 Å². The SMILES string of the molecule is CCCCCCCCCCCC(Cc1ccccc1)[N+]([O-])(O)CC. The number of benzene rings is 1. The van der Waals surface area contributed by atoms with Crippen molar-refractivity contribution in [2.75, 3.05) is 6.54 Å². The molecule has 1 aromatic rings. The number of unbranched alkanes of at least 4 members (excludes halogenated alkanes) is 8. The molecule has 0 aliphatic rings. The Kier molecular flexibility index (Phi) is 11.0. The first-order valence-corrected chi connectivity index (χ1v) is 9.95. The van der Waals surface area contributed by atoms with Crippen LogP contribution in [0.15, 0.2) is 30.3 Å². The zero-order chi connectivity index (χ0) is 17.7. The third-order valence-corrected chi connectivity index (χ3v) is 4.98. The van der Waals surface area contributed by atoms with Crippen molar-refractivity contribution >= 4 is 0 Å². The molecule has 24 heavy (non-hydrogen) atoms. The lowest BCUT2D eigenvalue weighted by atomic mass is 9.98. The summed E-state index contributed by atoms with van der Waals surface area (Å²) in [6.07, 6.45) is 12.9. The van der Waals surface area contributed by atoms with E-state index in [0.717, 1.165) is 18.4 Å². The Morgan fingerprint density at radius 2 is 1.42 bits per heavy atom. The van der Waals surface area contributed by atoms with Crippen LogP contribution in [0.25, 0.3) is 0 Å². The molecule has 0 spiro atoms. The van der Waals surface area contributed by atoms with Gasteiger partial charge in [0.2, 0.25) is 0 Å². The average molecular weight is 336 g/mol. The van der Waals surface area contributed by atoms with Crippen molar-refractivity contribution in [1.29, 1.82) is 0 Å². The molecule has 2 unspecified atom stereocenters. The Bertz CT molecular complexity index is 406. The molecule has 0 aliphatic heterocycles. The molecule has 2 atom stereocenters. The molecule has 3 heteroatoms. The van der Waals surface area contributed by atoms with E-state index in [2.05, 4.69) is 6.92 Å². The fraction of sp³-hybridized carbons (Fsp3) is 0.714. The Labute approximate surface area is 148 Å². The van der Waals surface area contributed by atoms with Gasteiger partial charge < -0.3 is 5.21 Å². The lowest BCUT2D eigenvalue weighted by Crippen LogP contribution is -2.48. The Hall–Kier alpha value is -0.900. The molecule has 3 nitrogen and oxygen atoms in total. The summed E-state index contributed by atoms with van der Waals surface area (Å²) in [5.74, 6) is 0. The molecule has 1 rings (SSSR count). The maximum atomic E-state index is 12.3. The molecule has 1 aromatic carbocycles. The van der Waals surface area contributed by atoms with Crippen molar-refractivity contribution in [3.05, 3.63) is 41.1 Å². The van der Waals surface area contributed by atoms with Crippen LogP contribution in [0.1, 0.15) is 83.6 Å². The minimum atomic E-state index is -1.11. The summed E-state index contributed by atoms with van der Waals surface area (Å²) in [4.78, 5) is -1.11. The van der Waals surface area contributed by atoms with Gasteiger partial charge in [0.25, 0.3) is 0 Å². The van der Waals surface area contributed by atoms with Crippen LogP contribution >= 0.6 is 0 Å². The highest BCUT2D eigenvalue weighted by molar-refractivity contribution is 5.15. The maximum absolute atomic E-state index is 12.3. The van der Waals surface area contributed by atoms with Crippen LogP contribution in [0.4, 0.5) is 0 Å². The summed E-state index contributed by atoms with van der Waals surface area (Å²) < 4.78 is 0. The van der Waals surface area contributed by atoms with Crippen LogP contribution in [-0.2, 0) is 6.42 Å². The van der Waals surface area contributed by atoms with Gasteiger partial charge in [-0.1, -0.05) is 88.6 Å². The van der Waals surface area contributed by atoms with Gasteiger partial charge in [-0.25, -0.2) is 10.0 Å². The van der Waals surface area contributed by atoms with Gasteiger partial charge in [-0.2, -0.15) is 0 Å². The standard InChI is InChI=1S/C21H37NO2/c1-3-5-6-7-8-9-10-11-15-18-21(22(23,24)4-2)19-20-16-13-12-14-17-20/h12-14,16-17,21,23H,3-11,15,18-19H2,1-2H3. The van der Waals surface area contributed by atoms with E-state index in [4.69, 9.17) is 0 Å². The van der Waals surface area contributed by atoms with E-state index in [-0.39, 0.29) is 12.6 Å². The largest absolute Gasteiger partial charge is 0.598 e. The lowest BCUT2D eigenvalue weighted by molar-refractivity contribution is -1.08. The summed E-state index contributed by atoms with van der Waals surface area (Å²) in [5.41, 5.74) is 1.14. The summed E-state index contributed by atoms with van der Waals surface area (Å²) in [5, 5.41) is 22.5. The van der Waals surface area contributed by atoms with Crippen LogP contribution in [0.3, 0.4) is 0 Å². The number of quaternary nitrogens is 1. The molecule has 0 aliphatic carbocycles. The summed E-state index contributed by atoms with van der Waals surface area (Å²) in [7, 11) is 0. The highest BCUT2D eigenvalue weighted by Gasteiger charge is 2.26. The Morgan fingerprint density at radius 1 is 0.875 bits per heavy atom. The predicted molar refractivity (Wildman–Crippen MR) is 102 cm³/mol. The van der Waals surface area contributed by atoms with Gasteiger partial charge in [0.05, 0.1) is 0 Å². The van der Waals surface area contributed by atoms with Crippen LogP contribution in [0.2, 0.25) is 0 Å². The van der Waals surface area contributed by atoms with Crippen molar-refractivity contribution in [2.24, 2.45) is 0 Å². The number of nitrogens with zero attached hydrogens (tertiary/aromatic N) is 1. The second-order valence-corrected chi connectivity index (χ2v) is 7.03. The van der Waals surface area contributed by atoms with E-state index in [1.165, 1.54) is 51.4 Å². The van der Waals surface area contributed by atoms with Crippen molar-refractivity contribution < 1.29 is 10.0 Å². The molecule has 0 saturated heterocycles. The molecular formula is C21H37NO2. The number of rotatable bonds is 14. The van der Waals surface area contributed by atoms with Gasteiger partial charge in [-0.05, 0) is 18.9 Å². The molecular weight excluding hydrogens is 298 g/mol. The third-order valence-electron chi connectivity index (χ3n) is 4.98. The van der Waals surface area contributed by atoms with E-state index in [1.807, 2.05) is 30.3 Å². The molecule has 0 amide bonds. The Balaban J connectivity index is 2.28. The first kappa shape index (κ1) is 21.1. The minimum absolute atomic E-state index is 0.217. The molecule has 0 aromatic heterocycles. The highest BCUT2D eigenvalue weighted by atomic mass is 16.8.